The maximum absolute atomic E-state index is 12.8. The minimum Gasteiger partial charge on any atom is -0.478 e. The monoisotopic (exact) mass is 245 g/mol. The molecule has 0 aromatic carbocycles. The van der Waals surface area contributed by atoms with Gasteiger partial charge in [-0.2, -0.15) is 0 Å². The molecule has 0 unspecified atom stereocenters. The first kappa shape index (κ1) is 13.7. The molecule has 0 aromatic rings. The number of halogens is 2. The average molecular weight is 245 g/mol. The number of aliphatic carboxylic acids is 1. The van der Waals surface area contributed by atoms with Crippen molar-refractivity contribution in [2.24, 2.45) is 5.92 Å². The molecule has 0 bridgehead atoms. The topological polar surface area (TPSA) is 49.3 Å². The zero-order valence-electron chi connectivity index (χ0n) is 10.2. The Balaban J connectivity index is 2.99. The van der Waals surface area contributed by atoms with Crippen LogP contribution in [0.3, 0.4) is 0 Å². The van der Waals surface area contributed by atoms with Crippen LogP contribution < -0.4 is 5.32 Å². The molecule has 5 heteroatoms. The second kappa shape index (κ2) is 4.85. The summed E-state index contributed by atoms with van der Waals surface area (Å²) in [4.78, 5) is 11.2. The molecule has 96 valence electrons. The molecule has 0 radical (unpaired) electrons. The van der Waals surface area contributed by atoms with Crippen molar-refractivity contribution in [3.05, 3.63) is 22.9 Å². The second-order valence-corrected chi connectivity index (χ2v) is 4.26. The number of rotatable bonds is 4. The fourth-order valence-electron chi connectivity index (χ4n) is 2.09. The fourth-order valence-corrected chi connectivity index (χ4v) is 2.09. The molecule has 0 amide bonds. The third kappa shape index (κ3) is 2.84. The molecule has 0 atom stereocenters. The van der Waals surface area contributed by atoms with E-state index in [2.05, 4.69) is 5.32 Å². The fraction of sp³-hybridized carbons (Fsp3) is 0.583. The lowest BCUT2D eigenvalue weighted by atomic mass is 9.73. The van der Waals surface area contributed by atoms with Gasteiger partial charge in [-0.15, -0.1) is 0 Å². The van der Waals surface area contributed by atoms with Crippen molar-refractivity contribution in [3.63, 3.8) is 0 Å². The second-order valence-electron chi connectivity index (χ2n) is 4.26. The van der Waals surface area contributed by atoms with Crippen molar-refractivity contribution >= 4 is 5.97 Å². The highest BCUT2D eigenvalue weighted by molar-refractivity contribution is 5.92. The minimum atomic E-state index is -2.64. The Morgan fingerprint density at radius 2 is 2.00 bits per heavy atom. The summed E-state index contributed by atoms with van der Waals surface area (Å²) in [5.41, 5.74) is 1.09. The minimum absolute atomic E-state index is 0.107. The normalized spacial score (nSPS) is 21.6. The van der Waals surface area contributed by atoms with Crippen LogP contribution in [0.1, 0.15) is 26.7 Å². The van der Waals surface area contributed by atoms with Gasteiger partial charge in [-0.1, -0.05) is 6.08 Å². The molecule has 1 aliphatic carbocycles. The lowest BCUT2D eigenvalue weighted by Crippen LogP contribution is -2.37. The highest BCUT2D eigenvalue weighted by Crippen LogP contribution is 2.47. The summed E-state index contributed by atoms with van der Waals surface area (Å²) in [5, 5.41) is 11.9. The summed E-state index contributed by atoms with van der Waals surface area (Å²) in [5.74, 6) is -4.08. The van der Waals surface area contributed by atoms with Gasteiger partial charge in [0.1, 0.15) is 0 Å². The lowest BCUT2D eigenvalue weighted by Gasteiger charge is -2.37. The first-order valence-electron chi connectivity index (χ1n) is 5.48. The van der Waals surface area contributed by atoms with Gasteiger partial charge in [0.05, 0.1) is 5.57 Å². The van der Waals surface area contributed by atoms with Gasteiger partial charge in [-0.3, -0.25) is 0 Å². The lowest BCUT2D eigenvalue weighted by molar-refractivity contribution is -0.133. The molecule has 0 aromatic heterocycles. The molecule has 17 heavy (non-hydrogen) atoms. The number of carbonyl (C=O) groups is 1. The summed E-state index contributed by atoms with van der Waals surface area (Å²) >= 11 is 0. The summed E-state index contributed by atoms with van der Waals surface area (Å²) in [6.07, 6.45) is 1.09. The van der Waals surface area contributed by atoms with Crippen LogP contribution in [0.25, 0.3) is 0 Å². The first-order valence-corrected chi connectivity index (χ1v) is 5.48. The van der Waals surface area contributed by atoms with Crippen LogP contribution in [-0.2, 0) is 4.79 Å². The van der Waals surface area contributed by atoms with Crippen LogP contribution in [0.2, 0.25) is 0 Å². The molecule has 3 nitrogen and oxygen atoms in total. The van der Waals surface area contributed by atoms with Gasteiger partial charge in [0.15, 0.2) is 0 Å². The Morgan fingerprint density at radius 3 is 2.29 bits per heavy atom. The number of carboxylic acid groups (broad SMARTS) is 1. The molecular weight excluding hydrogens is 228 g/mol. The number of alkyl halides is 2. The van der Waals surface area contributed by atoms with E-state index in [1.54, 1.807) is 27.0 Å². The quantitative estimate of drug-likeness (QED) is 0.591. The number of hydrogen-bond donors (Lipinski definition) is 2. The van der Waals surface area contributed by atoms with E-state index in [0.29, 0.717) is 11.3 Å². The molecule has 0 saturated heterocycles. The molecule has 0 aliphatic heterocycles. The third-order valence-corrected chi connectivity index (χ3v) is 3.09. The summed E-state index contributed by atoms with van der Waals surface area (Å²) in [7, 11) is 1.61. The molecule has 0 spiro atoms. The molecule has 1 fully saturated rings. The largest absolute Gasteiger partial charge is 0.478 e. The van der Waals surface area contributed by atoms with E-state index in [4.69, 9.17) is 5.11 Å². The van der Waals surface area contributed by atoms with Crippen molar-refractivity contribution in [1.82, 2.24) is 5.32 Å². The number of hydrogen-bond acceptors (Lipinski definition) is 2. The Bertz CT molecular complexity index is 378. The van der Waals surface area contributed by atoms with E-state index in [0.717, 1.165) is 0 Å². The first-order chi connectivity index (χ1) is 7.82. The van der Waals surface area contributed by atoms with Crippen LogP contribution >= 0.6 is 0 Å². The van der Waals surface area contributed by atoms with Crippen molar-refractivity contribution in [2.75, 3.05) is 7.05 Å². The predicted octanol–water partition coefficient (Wildman–Crippen LogP) is 2.56. The predicted molar refractivity (Wildman–Crippen MR) is 60.8 cm³/mol. The van der Waals surface area contributed by atoms with Crippen molar-refractivity contribution in [1.29, 1.82) is 0 Å². The van der Waals surface area contributed by atoms with Gasteiger partial charge in [0.2, 0.25) is 5.92 Å². The number of carboxylic acids is 1. The highest BCUT2D eigenvalue weighted by Gasteiger charge is 2.47. The Kier molecular flexibility index (Phi) is 3.91. The summed E-state index contributed by atoms with van der Waals surface area (Å²) in [6.45, 7) is 3.31. The Hall–Kier alpha value is -1.39. The Morgan fingerprint density at radius 1 is 1.47 bits per heavy atom. The van der Waals surface area contributed by atoms with Gasteiger partial charge in [-0.25, -0.2) is 13.6 Å². The molecular formula is C12H17F2NO2. The summed E-state index contributed by atoms with van der Waals surface area (Å²) in [6, 6.07) is 0. The smallest absolute Gasteiger partial charge is 0.337 e. The van der Waals surface area contributed by atoms with Crippen LogP contribution in [0.4, 0.5) is 8.78 Å². The SMILES string of the molecule is C/C=C(\C(C(=O)O)=C(/C)NC)C1CC(F)(F)C1. The van der Waals surface area contributed by atoms with Gasteiger partial charge < -0.3 is 10.4 Å². The highest BCUT2D eigenvalue weighted by atomic mass is 19.3. The van der Waals surface area contributed by atoms with E-state index in [9.17, 15) is 13.6 Å². The molecule has 0 heterocycles. The number of nitrogens with one attached hydrogen (secondary N) is 1. The average Bonchev–Trinajstić information content (AvgIpc) is 2.20. The van der Waals surface area contributed by atoms with Crippen LogP contribution in [0.15, 0.2) is 22.9 Å². The standard InChI is InChI=1S/C12H17F2NO2/c1-4-9(8-5-12(13,14)6-8)10(11(16)17)7(2)15-3/h4,8,15H,5-6H2,1-3H3,(H,16,17)/b9-4-,10-7-. The van der Waals surface area contributed by atoms with E-state index in [-0.39, 0.29) is 24.3 Å². The molecule has 1 aliphatic rings. The van der Waals surface area contributed by atoms with E-state index >= 15 is 0 Å². The Labute approximate surface area is 99.2 Å². The molecule has 1 saturated carbocycles. The zero-order valence-corrected chi connectivity index (χ0v) is 10.2. The van der Waals surface area contributed by atoms with Crippen molar-refractivity contribution in [2.45, 2.75) is 32.6 Å². The number of allylic oxidation sites excluding steroid dienone is 2. The molecule has 2 N–H and O–H groups in total. The van der Waals surface area contributed by atoms with E-state index in [1.165, 1.54) is 0 Å². The third-order valence-electron chi connectivity index (χ3n) is 3.09. The van der Waals surface area contributed by atoms with Gasteiger partial charge in [0.25, 0.3) is 0 Å². The van der Waals surface area contributed by atoms with E-state index < -0.39 is 11.9 Å². The van der Waals surface area contributed by atoms with Gasteiger partial charge in [0, 0.05) is 25.6 Å². The summed E-state index contributed by atoms with van der Waals surface area (Å²) < 4.78 is 25.7. The zero-order chi connectivity index (χ0) is 13.2. The van der Waals surface area contributed by atoms with Gasteiger partial charge in [-0.05, 0) is 25.3 Å². The van der Waals surface area contributed by atoms with Crippen molar-refractivity contribution in [3.8, 4) is 0 Å². The molecule has 1 rings (SSSR count). The van der Waals surface area contributed by atoms with Crippen LogP contribution in [0.5, 0.6) is 0 Å². The van der Waals surface area contributed by atoms with Crippen LogP contribution in [0, 0.1) is 5.92 Å². The van der Waals surface area contributed by atoms with Crippen molar-refractivity contribution < 1.29 is 18.7 Å². The maximum Gasteiger partial charge on any atom is 0.337 e. The van der Waals surface area contributed by atoms with Crippen LogP contribution in [-0.4, -0.2) is 24.0 Å². The van der Waals surface area contributed by atoms with E-state index in [1.807, 2.05) is 0 Å². The van der Waals surface area contributed by atoms with Gasteiger partial charge >= 0.3 is 5.97 Å². The maximum atomic E-state index is 12.8.